The zero-order valence-corrected chi connectivity index (χ0v) is 26.5. The minimum atomic E-state index is -5.75. The van der Waals surface area contributed by atoms with E-state index in [0.717, 1.165) is 3.87 Å². The van der Waals surface area contributed by atoms with Crippen LogP contribution >= 0.6 is 24.8 Å². The Bertz CT molecular complexity index is 1220. The number of benzene rings is 2. The molecular formula is C22H39Cl2O2Si3Ti. The monoisotopic (exact) mass is 537 g/mol. The van der Waals surface area contributed by atoms with E-state index in [1.165, 1.54) is 22.3 Å². The van der Waals surface area contributed by atoms with Crippen LogP contribution in [0.2, 0.25) is 42.7 Å². The fourth-order valence-electron chi connectivity index (χ4n) is 5.72. The van der Waals surface area contributed by atoms with Crippen LogP contribution in [0.15, 0.2) is 42.5 Å². The molecular weight excluding hydrogens is 499 g/mol. The molecule has 0 saturated carbocycles. The summed E-state index contributed by atoms with van der Waals surface area (Å²) in [6, 6.07) is 15.1. The second kappa shape index (κ2) is 7.07. The van der Waals surface area contributed by atoms with Gasteiger partial charge in [-0.25, -0.2) is 0 Å². The number of hydrogen-bond acceptors (Lipinski definition) is 2. The molecule has 2 aromatic rings. The van der Waals surface area contributed by atoms with Crippen molar-refractivity contribution in [3.8, 4) is 11.1 Å². The first-order valence-corrected chi connectivity index (χ1v) is 28.4. The first kappa shape index (κ1) is 28.2. The van der Waals surface area contributed by atoms with Crippen molar-refractivity contribution in [3.05, 3.63) is 53.6 Å². The fraction of sp³-hybridized carbons (Fsp3) is 0.455. The molecule has 0 bridgehead atoms. The second-order valence-electron chi connectivity index (χ2n) is 11.7. The SMILES string of the molecule is C[CH2][Ti]([CH3])(=[O])(=[SiH2])([O][Si](C)(C)C)([c]1cccc2c1C(C)c1ccccc1-2)[SiH](C)C.Cl.Cl. The van der Waals surface area contributed by atoms with E-state index in [1.54, 1.807) is 7.63 Å². The molecule has 1 aliphatic rings. The summed E-state index contributed by atoms with van der Waals surface area (Å²) < 4.78 is 25.1. The van der Waals surface area contributed by atoms with E-state index in [9.17, 15) is 0 Å². The van der Waals surface area contributed by atoms with Crippen LogP contribution in [0.4, 0.5) is 0 Å². The fourth-order valence-corrected chi connectivity index (χ4v) is 49.1. The van der Waals surface area contributed by atoms with Crippen LogP contribution < -0.4 is 3.87 Å². The van der Waals surface area contributed by atoms with E-state index >= 15 is 3.32 Å². The molecule has 169 valence electrons. The third-order valence-electron chi connectivity index (χ3n) is 8.41. The predicted molar refractivity (Wildman–Crippen MR) is 142 cm³/mol. The average Bonchev–Trinajstić information content (AvgIpc) is 2.87. The smallest absolute Gasteiger partial charge is 0.147 e. The van der Waals surface area contributed by atoms with Gasteiger partial charge in [-0.2, -0.15) is 0 Å². The molecule has 0 heterocycles. The molecule has 0 radical (unpaired) electrons. The van der Waals surface area contributed by atoms with Gasteiger partial charge in [0, 0.05) is 0 Å². The zero-order chi connectivity index (χ0) is 21.3. The van der Waals surface area contributed by atoms with Crippen molar-refractivity contribution in [1.29, 1.82) is 0 Å². The Labute approximate surface area is 194 Å². The van der Waals surface area contributed by atoms with Gasteiger partial charge >= 0.3 is 171 Å². The summed E-state index contributed by atoms with van der Waals surface area (Å²) in [5.74, 6) is 0.235. The van der Waals surface area contributed by atoms with Gasteiger partial charge in [-0.05, 0) is 0 Å². The largest absolute Gasteiger partial charge is 0.147 e. The van der Waals surface area contributed by atoms with Crippen LogP contribution in [-0.2, 0) is 17.4 Å². The maximum Gasteiger partial charge on any atom is -0.147 e. The van der Waals surface area contributed by atoms with Crippen LogP contribution in [0.25, 0.3) is 11.1 Å². The summed E-state index contributed by atoms with van der Waals surface area (Å²) in [5.41, 5.74) is 5.13. The van der Waals surface area contributed by atoms with E-state index in [2.05, 4.69) is 94.3 Å². The summed E-state index contributed by atoms with van der Waals surface area (Å²) in [6.45, 7) is 13.7. The van der Waals surface area contributed by atoms with Gasteiger partial charge in [-0.3, -0.25) is 0 Å². The molecule has 2 aromatic carbocycles. The number of halogens is 2. The van der Waals surface area contributed by atoms with Crippen LogP contribution in [0, 0.1) is 0 Å². The van der Waals surface area contributed by atoms with Crippen LogP contribution in [0.5, 0.6) is 0 Å². The van der Waals surface area contributed by atoms with Gasteiger partial charge in [0.05, 0.1) is 0 Å². The molecule has 1 aliphatic carbocycles. The van der Waals surface area contributed by atoms with Crippen molar-refractivity contribution >= 4 is 51.3 Å². The third kappa shape index (κ3) is 3.58. The maximum absolute atomic E-state index is 16.2. The molecule has 1 unspecified atom stereocenters. The Kier molecular flexibility index (Phi) is 6.64. The summed E-state index contributed by atoms with van der Waals surface area (Å²) in [6.07, 6.45) is 0. The Morgan fingerprint density at radius 3 is 2.07 bits per heavy atom. The van der Waals surface area contributed by atoms with Gasteiger partial charge < -0.3 is 0 Å². The van der Waals surface area contributed by atoms with E-state index in [4.69, 9.17) is 3.01 Å². The average molecular weight is 539 g/mol. The molecule has 3 rings (SSSR count). The first-order valence-electron chi connectivity index (χ1n) is 10.7. The number of fused-ring (bicyclic) bond motifs is 3. The zero-order valence-electron chi connectivity index (χ0n) is 19.7. The summed E-state index contributed by atoms with van der Waals surface area (Å²) in [7, 11) is -0.308. The minimum absolute atomic E-state index is 0. The molecule has 0 amide bonds. The van der Waals surface area contributed by atoms with E-state index < -0.39 is 26.1 Å². The molecule has 0 aromatic heterocycles. The Hall–Kier alpha value is 0.145. The van der Waals surface area contributed by atoms with Crippen molar-refractivity contribution in [3.63, 3.8) is 0 Å². The first-order chi connectivity index (χ1) is 12.5. The molecule has 30 heavy (non-hydrogen) atoms. The molecule has 0 saturated heterocycles. The van der Waals surface area contributed by atoms with Gasteiger partial charge in [-0.1, -0.05) is 0 Å². The van der Waals surface area contributed by atoms with Gasteiger partial charge in [0.2, 0.25) is 0 Å². The van der Waals surface area contributed by atoms with E-state index in [-0.39, 0.29) is 30.7 Å². The van der Waals surface area contributed by atoms with Crippen molar-refractivity contribution in [2.45, 2.75) is 62.5 Å². The van der Waals surface area contributed by atoms with Crippen molar-refractivity contribution < 1.29 is 17.4 Å². The standard InChI is InChI=1S/C14H11.C3H9OSi.C2H7Si.C2H5.CH3.2ClH.O.H2Si.Ti/c1-10-11-6-2-4-8-13(11)14-9-5-3-7-12(10)14;1-5(2,3)4;1-3-2;1-2;;;;;;/h2-6,8-10H,1H3;1-3H3;3H,1-2H3;1H2,2H3;1H3;2*1H;;1H2;/q;-1;;;;;;;;+1. The predicted octanol–water partition coefficient (Wildman–Crippen LogP) is 6.18. The maximum atomic E-state index is 16.2. The van der Waals surface area contributed by atoms with E-state index in [0.29, 0.717) is 4.73 Å². The minimum Gasteiger partial charge on any atom is -0.147 e. The third-order valence-corrected chi connectivity index (χ3v) is 68.7. The van der Waals surface area contributed by atoms with Crippen molar-refractivity contribution in [2.24, 2.45) is 0 Å². The van der Waals surface area contributed by atoms with Crippen LogP contribution in [-0.4, -0.2) is 22.6 Å². The normalized spacial score (nSPS) is 19.2. The van der Waals surface area contributed by atoms with Gasteiger partial charge in [0.1, 0.15) is 0 Å². The molecule has 0 aliphatic heterocycles. The summed E-state index contributed by atoms with van der Waals surface area (Å²) in [4.78, 5) is 0. The van der Waals surface area contributed by atoms with Crippen molar-refractivity contribution in [1.82, 2.24) is 0 Å². The topological polar surface area (TPSA) is 26.3 Å². The second-order valence-corrected chi connectivity index (χ2v) is 61.7. The van der Waals surface area contributed by atoms with Gasteiger partial charge in [0.25, 0.3) is 0 Å². The number of rotatable bonds is 5. The molecule has 0 N–H and O–H groups in total. The van der Waals surface area contributed by atoms with Gasteiger partial charge in [-0.15, -0.1) is 24.8 Å². The van der Waals surface area contributed by atoms with E-state index in [1.807, 2.05) is 0 Å². The molecule has 0 fully saturated rings. The summed E-state index contributed by atoms with van der Waals surface area (Å²) in [5, 5.41) is 2.11. The summed E-state index contributed by atoms with van der Waals surface area (Å²) >= 11 is -5.75. The molecule has 8 heteroatoms. The van der Waals surface area contributed by atoms with Crippen LogP contribution in [0.3, 0.4) is 0 Å². The number of hydrogen-bond donors (Lipinski definition) is 0. The Morgan fingerprint density at radius 1 is 1.03 bits per heavy atom. The van der Waals surface area contributed by atoms with Crippen molar-refractivity contribution in [2.75, 3.05) is 0 Å². The Balaban J connectivity index is 0.00000225. The molecule has 2 nitrogen and oxygen atoms in total. The quantitative estimate of drug-likeness (QED) is 0.425. The molecule has 0 spiro atoms. The van der Waals surface area contributed by atoms with Crippen LogP contribution in [0.1, 0.15) is 30.9 Å². The molecule has 1 atom stereocenters. The van der Waals surface area contributed by atoms with Gasteiger partial charge in [0.15, 0.2) is 0 Å². The Morgan fingerprint density at radius 2 is 1.57 bits per heavy atom.